The van der Waals surface area contributed by atoms with E-state index in [2.05, 4.69) is 4.98 Å². The summed E-state index contributed by atoms with van der Waals surface area (Å²) in [5, 5.41) is 0.320. The summed E-state index contributed by atoms with van der Waals surface area (Å²) >= 11 is 1.11. The fourth-order valence-electron chi connectivity index (χ4n) is 2.65. The number of alkyl halides is 3. The predicted molar refractivity (Wildman–Crippen MR) is 79.3 cm³/mol. The molecule has 0 unspecified atom stereocenters. The fourth-order valence-corrected chi connectivity index (χ4v) is 3.78. The van der Waals surface area contributed by atoms with E-state index in [4.69, 9.17) is 0 Å². The minimum Gasteiger partial charge on any atom is -0.273 e. The van der Waals surface area contributed by atoms with Crippen LogP contribution in [0.5, 0.6) is 0 Å². The normalized spacial score (nSPS) is 13.2. The smallest absolute Gasteiger partial charge is 0.273 e. The van der Waals surface area contributed by atoms with Crippen LogP contribution in [0, 0.1) is 0 Å². The van der Waals surface area contributed by atoms with E-state index in [9.17, 15) is 22.8 Å². The van der Waals surface area contributed by atoms with Crippen LogP contribution in [-0.4, -0.2) is 9.55 Å². The van der Waals surface area contributed by atoms with Gasteiger partial charge in [0.05, 0.1) is 22.2 Å². The minimum absolute atomic E-state index is 0.314. The van der Waals surface area contributed by atoms with Gasteiger partial charge in [0.1, 0.15) is 0 Å². The van der Waals surface area contributed by atoms with Crippen molar-refractivity contribution in [3.63, 3.8) is 0 Å². The van der Waals surface area contributed by atoms with E-state index in [1.807, 2.05) is 0 Å². The Kier molecular flexibility index (Phi) is 2.77. The van der Waals surface area contributed by atoms with Crippen molar-refractivity contribution in [2.24, 2.45) is 0 Å². The number of rotatable bonds is 0. The van der Waals surface area contributed by atoms with Gasteiger partial charge in [-0.3, -0.25) is 14.3 Å². The Morgan fingerprint density at radius 1 is 1.04 bits per heavy atom. The van der Waals surface area contributed by atoms with Crippen molar-refractivity contribution in [2.45, 2.75) is 16.0 Å². The molecule has 2 aromatic carbocycles. The molecule has 0 fully saturated rings. The van der Waals surface area contributed by atoms with Gasteiger partial charge in [0.2, 0.25) is 0 Å². The van der Waals surface area contributed by atoms with Crippen molar-refractivity contribution in [2.75, 3.05) is 0 Å². The minimum atomic E-state index is -4.46. The third-order valence-electron chi connectivity index (χ3n) is 3.64. The molecule has 1 aromatic heterocycles. The van der Waals surface area contributed by atoms with Crippen molar-refractivity contribution in [3.05, 3.63) is 62.8 Å². The summed E-state index contributed by atoms with van der Waals surface area (Å²) in [5.74, 6) is 0. The summed E-state index contributed by atoms with van der Waals surface area (Å²) in [7, 11) is 0. The lowest BCUT2D eigenvalue weighted by atomic mass is 10.1. The number of fused-ring (bicyclic) bond motifs is 2. The van der Waals surface area contributed by atoms with Crippen molar-refractivity contribution < 1.29 is 13.2 Å². The van der Waals surface area contributed by atoms with Crippen molar-refractivity contribution >= 4 is 22.7 Å². The lowest BCUT2D eigenvalue weighted by Crippen LogP contribution is -2.30. The third kappa shape index (κ3) is 2.02. The number of aromatic nitrogens is 2. The van der Waals surface area contributed by atoms with Crippen LogP contribution in [-0.2, 0) is 6.18 Å². The Bertz CT molecular complexity index is 1080. The number of nitrogens with one attached hydrogen (secondary N) is 1. The maximum Gasteiger partial charge on any atom is 0.416 e. The van der Waals surface area contributed by atoms with Gasteiger partial charge >= 0.3 is 11.9 Å². The summed E-state index contributed by atoms with van der Waals surface area (Å²) < 4.78 is 39.9. The highest BCUT2D eigenvalue weighted by Gasteiger charge is 2.32. The molecule has 4 rings (SSSR count). The molecule has 0 atom stereocenters. The molecular formula is C15H7F3N2O2S. The number of hydrogen-bond donors (Lipinski definition) is 1. The highest BCUT2D eigenvalue weighted by molar-refractivity contribution is 7.99. The van der Waals surface area contributed by atoms with Crippen LogP contribution in [0.3, 0.4) is 0 Å². The summed E-state index contributed by atoms with van der Waals surface area (Å²) in [5.41, 5.74) is -1.22. The SMILES string of the molecule is O=c1[nH]c(=O)n2c3c(cccc13)Sc1cc(C(F)(F)F)ccc1-2. The van der Waals surface area contributed by atoms with Crippen LogP contribution >= 0.6 is 11.8 Å². The van der Waals surface area contributed by atoms with E-state index in [1.54, 1.807) is 18.2 Å². The molecule has 0 saturated carbocycles. The molecule has 2 heterocycles. The molecule has 0 spiro atoms. The first kappa shape index (κ1) is 14.1. The monoisotopic (exact) mass is 336 g/mol. The Hall–Kier alpha value is -2.48. The van der Waals surface area contributed by atoms with Gasteiger partial charge in [0, 0.05) is 9.79 Å². The molecule has 0 amide bonds. The lowest BCUT2D eigenvalue weighted by molar-refractivity contribution is -0.137. The Balaban J connectivity index is 2.12. The summed E-state index contributed by atoms with van der Waals surface area (Å²) in [6, 6.07) is 8.07. The number of hydrogen-bond acceptors (Lipinski definition) is 3. The van der Waals surface area contributed by atoms with Gasteiger partial charge in [-0.25, -0.2) is 4.79 Å². The van der Waals surface area contributed by atoms with Gasteiger partial charge in [-0.15, -0.1) is 0 Å². The molecule has 116 valence electrons. The van der Waals surface area contributed by atoms with Gasteiger partial charge in [0.25, 0.3) is 5.56 Å². The van der Waals surface area contributed by atoms with Crippen LogP contribution in [0.15, 0.2) is 55.8 Å². The fraction of sp³-hybridized carbons (Fsp3) is 0.0667. The molecule has 0 radical (unpaired) electrons. The van der Waals surface area contributed by atoms with E-state index in [-0.39, 0.29) is 0 Å². The molecule has 1 aliphatic heterocycles. The Labute approximate surface area is 130 Å². The number of halogens is 3. The maximum atomic E-state index is 12.9. The predicted octanol–water partition coefficient (Wildman–Crippen LogP) is 3.16. The van der Waals surface area contributed by atoms with Crippen molar-refractivity contribution in [1.29, 1.82) is 0 Å². The van der Waals surface area contributed by atoms with Crippen LogP contribution < -0.4 is 11.2 Å². The Morgan fingerprint density at radius 3 is 2.57 bits per heavy atom. The van der Waals surface area contributed by atoms with Crippen LogP contribution in [0.4, 0.5) is 13.2 Å². The number of nitrogens with zero attached hydrogens (tertiary/aromatic N) is 1. The van der Waals surface area contributed by atoms with Crippen molar-refractivity contribution in [3.8, 4) is 5.69 Å². The standard InChI is InChI=1S/C15H7F3N2O2S/c16-15(17,18)7-4-5-9-11(6-7)23-10-3-1-2-8-12(10)20(9)14(22)19-13(8)21/h1-6H,(H,19,21,22). The quantitative estimate of drug-likeness (QED) is 0.537. The molecule has 3 aromatic rings. The van der Waals surface area contributed by atoms with Crippen LogP contribution in [0.1, 0.15) is 5.56 Å². The van der Waals surface area contributed by atoms with E-state index in [1.165, 1.54) is 10.6 Å². The number of para-hydroxylation sites is 1. The second-order valence-electron chi connectivity index (χ2n) is 5.03. The zero-order valence-electron chi connectivity index (χ0n) is 11.3. The van der Waals surface area contributed by atoms with Crippen LogP contribution in [0.25, 0.3) is 16.6 Å². The zero-order chi connectivity index (χ0) is 16.4. The third-order valence-corrected chi connectivity index (χ3v) is 4.73. The van der Waals surface area contributed by atoms with E-state index < -0.39 is 23.0 Å². The first-order valence-corrected chi connectivity index (χ1v) is 7.35. The molecule has 0 bridgehead atoms. The molecule has 1 aliphatic rings. The number of benzene rings is 2. The lowest BCUT2D eigenvalue weighted by Gasteiger charge is -2.22. The first-order valence-electron chi connectivity index (χ1n) is 6.54. The van der Waals surface area contributed by atoms with Gasteiger partial charge in [0.15, 0.2) is 0 Å². The zero-order valence-corrected chi connectivity index (χ0v) is 12.1. The van der Waals surface area contributed by atoms with E-state index in [0.29, 0.717) is 26.4 Å². The van der Waals surface area contributed by atoms with Gasteiger partial charge in [-0.1, -0.05) is 17.8 Å². The summed E-state index contributed by atoms with van der Waals surface area (Å²) in [6.45, 7) is 0. The molecule has 1 N–H and O–H groups in total. The van der Waals surface area contributed by atoms with Gasteiger partial charge < -0.3 is 0 Å². The highest BCUT2D eigenvalue weighted by Crippen LogP contribution is 2.43. The van der Waals surface area contributed by atoms with E-state index >= 15 is 0 Å². The average molecular weight is 336 g/mol. The largest absolute Gasteiger partial charge is 0.416 e. The first-order chi connectivity index (χ1) is 10.9. The number of aromatic amines is 1. The van der Waals surface area contributed by atoms with Gasteiger partial charge in [-0.2, -0.15) is 13.2 Å². The molecule has 4 nitrogen and oxygen atoms in total. The molecule has 0 aliphatic carbocycles. The molecular weight excluding hydrogens is 329 g/mol. The van der Waals surface area contributed by atoms with Gasteiger partial charge in [-0.05, 0) is 30.3 Å². The highest BCUT2D eigenvalue weighted by atomic mass is 32.2. The molecule has 8 heteroatoms. The maximum absolute atomic E-state index is 12.9. The summed E-state index contributed by atoms with van der Waals surface area (Å²) in [6.07, 6.45) is -4.46. The van der Waals surface area contributed by atoms with Crippen LogP contribution in [0.2, 0.25) is 0 Å². The Morgan fingerprint density at radius 2 is 1.83 bits per heavy atom. The molecule has 23 heavy (non-hydrogen) atoms. The number of H-pyrrole nitrogens is 1. The second kappa shape index (κ2) is 4.51. The second-order valence-corrected chi connectivity index (χ2v) is 6.11. The summed E-state index contributed by atoms with van der Waals surface area (Å²) in [4.78, 5) is 27.2. The van der Waals surface area contributed by atoms with E-state index in [0.717, 1.165) is 23.9 Å². The van der Waals surface area contributed by atoms with Crippen molar-refractivity contribution in [1.82, 2.24) is 9.55 Å². The topological polar surface area (TPSA) is 54.9 Å². The average Bonchev–Trinajstić information content (AvgIpc) is 2.49. The molecule has 0 saturated heterocycles.